The van der Waals surface area contributed by atoms with Crippen LogP contribution in [0.5, 0.6) is 0 Å². The molecule has 1 saturated heterocycles. The lowest BCUT2D eigenvalue weighted by Gasteiger charge is -2.23. The molecule has 0 radical (unpaired) electrons. The van der Waals surface area contributed by atoms with Crippen molar-refractivity contribution < 1.29 is 0 Å². The Balaban J connectivity index is 2.37. The van der Waals surface area contributed by atoms with Gasteiger partial charge >= 0.3 is 0 Å². The van der Waals surface area contributed by atoms with Gasteiger partial charge in [-0.2, -0.15) is 0 Å². The standard InChI is InChI=1S/C13H18ClN/c1-10(2)12-6-5-11(14)9-13(12)15-7-3-4-8-15/h5-6,9-10H,3-4,7-8H2,1-2H3. The predicted octanol–water partition coefficient (Wildman–Crippen LogP) is 4.06. The van der Waals surface area contributed by atoms with Crippen LogP contribution in [0.3, 0.4) is 0 Å². The van der Waals surface area contributed by atoms with Gasteiger partial charge in [0, 0.05) is 23.8 Å². The van der Waals surface area contributed by atoms with E-state index in [-0.39, 0.29) is 0 Å². The highest BCUT2D eigenvalue weighted by Crippen LogP contribution is 2.32. The van der Waals surface area contributed by atoms with Crippen LogP contribution in [0.4, 0.5) is 5.69 Å². The van der Waals surface area contributed by atoms with Crippen LogP contribution in [0.1, 0.15) is 38.2 Å². The summed E-state index contributed by atoms with van der Waals surface area (Å²) in [6.07, 6.45) is 2.62. The quantitative estimate of drug-likeness (QED) is 0.731. The zero-order valence-electron chi connectivity index (χ0n) is 9.46. The van der Waals surface area contributed by atoms with Crippen molar-refractivity contribution in [3.63, 3.8) is 0 Å². The third-order valence-corrected chi connectivity index (χ3v) is 3.30. The van der Waals surface area contributed by atoms with E-state index in [1.54, 1.807) is 0 Å². The molecule has 82 valence electrons. The molecule has 2 rings (SSSR count). The van der Waals surface area contributed by atoms with Crippen molar-refractivity contribution in [2.45, 2.75) is 32.6 Å². The van der Waals surface area contributed by atoms with Crippen molar-refractivity contribution in [1.29, 1.82) is 0 Å². The second-order valence-corrected chi connectivity index (χ2v) is 4.99. The normalized spacial score (nSPS) is 16.4. The first-order valence-electron chi connectivity index (χ1n) is 5.73. The van der Waals surface area contributed by atoms with Gasteiger partial charge in [0.05, 0.1) is 0 Å². The summed E-state index contributed by atoms with van der Waals surface area (Å²) < 4.78 is 0. The Labute approximate surface area is 97.0 Å². The molecular weight excluding hydrogens is 206 g/mol. The molecule has 0 saturated carbocycles. The highest BCUT2D eigenvalue weighted by molar-refractivity contribution is 6.30. The molecule has 0 aliphatic carbocycles. The molecule has 0 bridgehead atoms. The Kier molecular flexibility index (Phi) is 3.20. The summed E-state index contributed by atoms with van der Waals surface area (Å²) in [6.45, 7) is 6.84. The zero-order chi connectivity index (χ0) is 10.8. The molecule has 2 heteroatoms. The third-order valence-electron chi connectivity index (χ3n) is 3.06. The van der Waals surface area contributed by atoms with E-state index in [4.69, 9.17) is 11.6 Å². The van der Waals surface area contributed by atoms with Gasteiger partial charge in [-0.05, 0) is 36.5 Å². The van der Waals surface area contributed by atoms with Gasteiger partial charge in [0.1, 0.15) is 0 Å². The lowest BCUT2D eigenvalue weighted by atomic mass is 10.0. The molecule has 1 aromatic rings. The van der Waals surface area contributed by atoms with Gasteiger partial charge in [-0.25, -0.2) is 0 Å². The Bertz CT molecular complexity index is 340. The summed E-state index contributed by atoms with van der Waals surface area (Å²) in [5.41, 5.74) is 2.76. The summed E-state index contributed by atoms with van der Waals surface area (Å²) >= 11 is 6.07. The van der Waals surface area contributed by atoms with Crippen molar-refractivity contribution >= 4 is 17.3 Å². The minimum absolute atomic E-state index is 0.567. The lowest BCUT2D eigenvalue weighted by molar-refractivity contribution is 0.845. The van der Waals surface area contributed by atoms with Crippen LogP contribution in [0, 0.1) is 0 Å². The maximum absolute atomic E-state index is 6.07. The van der Waals surface area contributed by atoms with E-state index in [1.165, 1.54) is 37.2 Å². The van der Waals surface area contributed by atoms with E-state index in [9.17, 15) is 0 Å². The van der Waals surface area contributed by atoms with Gasteiger partial charge in [-0.15, -0.1) is 0 Å². The predicted molar refractivity (Wildman–Crippen MR) is 67.0 cm³/mol. The molecule has 0 spiro atoms. The van der Waals surface area contributed by atoms with Crippen LogP contribution in [-0.4, -0.2) is 13.1 Å². The van der Waals surface area contributed by atoms with Gasteiger partial charge in [-0.1, -0.05) is 31.5 Å². The van der Waals surface area contributed by atoms with Gasteiger partial charge in [0.25, 0.3) is 0 Å². The van der Waals surface area contributed by atoms with Gasteiger partial charge in [0.2, 0.25) is 0 Å². The molecule has 1 aliphatic rings. The highest BCUT2D eigenvalue weighted by Gasteiger charge is 2.17. The molecule has 1 aromatic carbocycles. The largest absolute Gasteiger partial charge is 0.371 e. The van der Waals surface area contributed by atoms with Gasteiger partial charge in [-0.3, -0.25) is 0 Å². The number of halogens is 1. The van der Waals surface area contributed by atoms with E-state index in [1.807, 2.05) is 6.07 Å². The molecule has 0 unspecified atom stereocenters. The summed E-state index contributed by atoms with van der Waals surface area (Å²) in [4.78, 5) is 2.46. The number of hydrogen-bond acceptors (Lipinski definition) is 1. The van der Waals surface area contributed by atoms with Gasteiger partial charge < -0.3 is 4.90 Å². The Morgan fingerprint density at radius 1 is 1.20 bits per heavy atom. The molecule has 1 fully saturated rings. The molecule has 0 atom stereocenters. The lowest BCUT2D eigenvalue weighted by Crippen LogP contribution is -2.19. The fraction of sp³-hybridized carbons (Fsp3) is 0.538. The Morgan fingerprint density at radius 2 is 1.87 bits per heavy atom. The van der Waals surface area contributed by atoms with Crippen molar-refractivity contribution in [2.24, 2.45) is 0 Å². The second kappa shape index (κ2) is 4.44. The maximum Gasteiger partial charge on any atom is 0.0426 e. The summed E-state index contributed by atoms with van der Waals surface area (Å²) in [7, 11) is 0. The highest BCUT2D eigenvalue weighted by atomic mass is 35.5. The summed E-state index contributed by atoms with van der Waals surface area (Å²) in [5.74, 6) is 0.567. The molecule has 0 amide bonds. The van der Waals surface area contributed by atoms with E-state index in [2.05, 4.69) is 30.9 Å². The Morgan fingerprint density at radius 3 is 2.47 bits per heavy atom. The average Bonchev–Trinajstić information content (AvgIpc) is 2.69. The smallest absolute Gasteiger partial charge is 0.0426 e. The van der Waals surface area contributed by atoms with Crippen molar-refractivity contribution in [2.75, 3.05) is 18.0 Å². The minimum atomic E-state index is 0.567. The van der Waals surface area contributed by atoms with E-state index in [0.717, 1.165) is 5.02 Å². The zero-order valence-corrected chi connectivity index (χ0v) is 10.2. The first-order chi connectivity index (χ1) is 7.18. The maximum atomic E-state index is 6.07. The number of nitrogens with zero attached hydrogens (tertiary/aromatic N) is 1. The van der Waals surface area contributed by atoms with Crippen molar-refractivity contribution in [3.05, 3.63) is 28.8 Å². The van der Waals surface area contributed by atoms with E-state index >= 15 is 0 Å². The number of benzene rings is 1. The van der Waals surface area contributed by atoms with Crippen LogP contribution >= 0.6 is 11.6 Å². The number of anilines is 1. The topological polar surface area (TPSA) is 3.24 Å². The fourth-order valence-electron chi connectivity index (χ4n) is 2.24. The van der Waals surface area contributed by atoms with Crippen LogP contribution in [0.25, 0.3) is 0 Å². The Hall–Kier alpha value is -0.690. The molecule has 1 heterocycles. The van der Waals surface area contributed by atoms with Crippen molar-refractivity contribution in [3.8, 4) is 0 Å². The van der Waals surface area contributed by atoms with E-state index in [0.29, 0.717) is 5.92 Å². The van der Waals surface area contributed by atoms with Gasteiger partial charge in [0.15, 0.2) is 0 Å². The molecule has 0 aromatic heterocycles. The first kappa shape index (κ1) is 10.8. The van der Waals surface area contributed by atoms with E-state index < -0.39 is 0 Å². The minimum Gasteiger partial charge on any atom is -0.371 e. The molecule has 1 nitrogen and oxygen atoms in total. The average molecular weight is 224 g/mol. The van der Waals surface area contributed by atoms with Crippen molar-refractivity contribution in [1.82, 2.24) is 0 Å². The SMILES string of the molecule is CC(C)c1ccc(Cl)cc1N1CCCC1. The van der Waals surface area contributed by atoms with Crippen LogP contribution in [0.2, 0.25) is 5.02 Å². The monoisotopic (exact) mass is 223 g/mol. The summed E-state index contributed by atoms with van der Waals surface area (Å²) in [6, 6.07) is 6.28. The molecule has 0 N–H and O–H groups in total. The van der Waals surface area contributed by atoms with Crippen LogP contribution in [0.15, 0.2) is 18.2 Å². The third kappa shape index (κ3) is 2.28. The molecule has 15 heavy (non-hydrogen) atoms. The number of hydrogen-bond donors (Lipinski definition) is 0. The second-order valence-electron chi connectivity index (χ2n) is 4.55. The number of rotatable bonds is 2. The molecular formula is C13H18ClN. The van der Waals surface area contributed by atoms with Crippen LogP contribution in [-0.2, 0) is 0 Å². The van der Waals surface area contributed by atoms with Crippen LogP contribution < -0.4 is 4.90 Å². The molecule has 1 aliphatic heterocycles. The fourth-order valence-corrected chi connectivity index (χ4v) is 2.40. The first-order valence-corrected chi connectivity index (χ1v) is 6.10. The summed E-state index contributed by atoms with van der Waals surface area (Å²) in [5, 5.41) is 0.848.